The summed E-state index contributed by atoms with van der Waals surface area (Å²) < 4.78 is 18.9. The fourth-order valence-electron chi connectivity index (χ4n) is 2.99. The third-order valence-corrected chi connectivity index (χ3v) is 4.41. The fourth-order valence-corrected chi connectivity index (χ4v) is 2.99. The second kappa shape index (κ2) is 10.6. The van der Waals surface area contributed by atoms with E-state index in [2.05, 4.69) is 34.4 Å². The summed E-state index contributed by atoms with van der Waals surface area (Å²) in [7, 11) is 1.75. The lowest BCUT2D eigenvalue weighted by atomic mass is 10.1. The SMILES string of the molecule is CCN(CC)C(CNC(=NC)NCCc1cccc(F)c1)c1ccco1. The van der Waals surface area contributed by atoms with Crippen molar-refractivity contribution in [2.24, 2.45) is 4.99 Å². The first-order valence-corrected chi connectivity index (χ1v) is 9.14. The molecule has 0 aliphatic carbocycles. The van der Waals surface area contributed by atoms with Crippen LogP contribution in [0.1, 0.15) is 31.2 Å². The second-order valence-electron chi connectivity index (χ2n) is 6.01. The number of guanidine groups is 1. The number of hydrogen-bond donors (Lipinski definition) is 2. The van der Waals surface area contributed by atoms with Gasteiger partial charge in [0, 0.05) is 20.1 Å². The highest BCUT2D eigenvalue weighted by Crippen LogP contribution is 2.20. The number of nitrogens with zero attached hydrogens (tertiary/aromatic N) is 2. The van der Waals surface area contributed by atoms with Gasteiger partial charge in [-0.15, -0.1) is 0 Å². The first-order chi connectivity index (χ1) is 12.7. The summed E-state index contributed by atoms with van der Waals surface area (Å²) in [6, 6.07) is 10.7. The third-order valence-electron chi connectivity index (χ3n) is 4.41. The van der Waals surface area contributed by atoms with Gasteiger partial charge in [0.15, 0.2) is 5.96 Å². The number of aliphatic imine (C=N–C) groups is 1. The van der Waals surface area contributed by atoms with Gasteiger partial charge in [-0.05, 0) is 49.3 Å². The quantitative estimate of drug-likeness (QED) is 0.533. The standard InChI is InChI=1S/C20H29FN4O/c1-4-25(5-2)18(19-10-7-13-26-19)15-24-20(22-3)23-12-11-16-8-6-9-17(21)14-16/h6-10,13-14,18H,4-5,11-12,15H2,1-3H3,(H2,22,23,24). The highest BCUT2D eigenvalue weighted by molar-refractivity contribution is 5.79. The van der Waals surface area contributed by atoms with Crippen molar-refractivity contribution in [3.05, 3.63) is 59.8 Å². The average molecular weight is 360 g/mol. The Morgan fingerprint density at radius 1 is 1.19 bits per heavy atom. The molecule has 1 aromatic carbocycles. The lowest BCUT2D eigenvalue weighted by Crippen LogP contribution is -2.43. The van der Waals surface area contributed by atoms with Crippen LogP contribution in [-0.4, -0.2) is 44.1 Å². The Morgan fingerprint density at radius 3 is 2.62 bits per heavy atom. The molecule has 0 fully saturated rings. The van der Waals surface area contributed by atoms with Gasteiger partial charge in [-0.25, -0.2) is 4.39 Å². The van der Waals surface area contributed by atoms with Crippen molar-refractivity contribution in [3.63, 3.8) is 0 Å². The summed E-state index contributed by atoms with van der Waals surface area (Å²) >= 11 is 0. The molecule has 0 amide bonds. The van der Waals surface area contributed by atoms with Gasteiger partial charge in [-0.2, -0.15) is 0 Å². The monoisotopic (exact) mass is 360 g/mol. The normalized spacial score (nSPS) is 13.0. The van der Waals surface area contributed by atoms with E-state index < -0.39 is 0 Å². The zero-order chi connectivity index (χ0) is 18.8. The Bertz CT molecular complexity index is 668. The molecule has 6 heteroatoms. The summed E-state index contributed by atoms with van der Waals surface area (Å²) in [4.78, 5) is 6.61. The molecule has 0 aliphatic heterocycles. The first kappa shape index (κ1) is 20.0. The maximum Gasteiger partial charge on any atom is 0.191 e. The molecule has 1 heterocycles. The number of likely N-dealkylation sites (N-methyl/N-ethyl adjacent to an activating group) is 1. The van der Waals surface area contributed by atoms with Crippen molar-refractivity contribution < 1.29 is 8.81 Å². The van der Waals surface area contributed by atoms with Gasteiger partial charge in [-0.3, -0.25) is 9.89 Å². The van der Waals surface area contributed by atoms with Crippen LogP contribution in [0, 0.1) is 5.82 Å². The molecule has 0 bridgehead atoms. The van der Waals surface area contributed by atoms with Crippen LogP contribution in [0.15, 0.2) is 52.1 Å². The minimum Gasteiger partial charge on any atom is -0.468 e. The van der Waals surface area contributed by atoms with Crippen molar-refractivity contribution >= 4 is 5.96 Å². The van der Waals surface area contributed by atoms with Gasteiger partial charge < -0.3 is 15.1 Å². The van der Waals surface area contributed by atoms with E-state index in [0.29, 0.717) is 13.1 Å². The van der Waals surface area contributed by atoms with Crippen LogP contribution in [-0.2, 0) is 6.42 Å². The van der Waals surface area contributed by atoms with Crippen LogP contribution >= 0.6 is 0 Å². The number of furan rings is 1. The van der Waals surface area contributed by atoms with Crippen LogP contribution in [0.4, 0.5) is 4.39 Å². The van der Waals surface area contributed by atoms with Crippen molar-refractivity contribution in [3.8, 4) is 0 Å². The molecule has 2 rings (SSSR count). The van der Waals surface area contributed by atoms with Gasteiger partial charge in [-0.1, -0.05) is 26.0 Å². The summed E-state index contributed by atoms with van der Waals surface area (Å²) in [5, 5.41) is 6.65. The highest BCUT2D eigenvalue weighted by atomic mass is 19.1. The Kier molecular flexibility index (Phi) is 8.15. The maximum absolute atomic E-state index is 13.2. The molecule has 142 valence electrons. The lowest BCUT2D eigenvalue weighted by molar-refractivity contribution is 0.193. The van der Waals surface area contributed by atoms with E-state index in [9.17, 15) is 4.39 Å². The topological polar surface area (TPSA) is 52.8 Å². The van der Waals surface area contributed by atoms with Crippen molar-refractivity contribution in [1.29, 1.82) is 0 Å². The van der Waals surface area contributed by atoms with Gasteiger partial charge in [0.25, 0.3) is 0 Å². The first-order valence-electron chi connectivity index (χ1n) is 9.14. The molecule has 2 N–H and O–H groups in total. The van der Waals surface area contributed by atoms with Crippen molar-refractivity contribution in [1.82, 2.24) is 15.5 Å². The highest BCUT2D eigenvalue weighted by Gasteiger charge is 2.20. The summed E-state index contributed by atoms with van der Waals surface area (Å²) in [6.07, 6.45) is 2.44. The molecular weight excluding hydrogens is 331 g/mol. The van der Waals surface area contributed by atoms with Gasteiger partial charge in [0.1, 0.15) is 11.6 Å². The van der Waals surface area contributed by atoms with E-state index in [-0.39, 0.29) is 11.9 Å². The largest absolute Gasteiger partial charge is 0.468 e. The van der Waals surface area contributed by atoms with Crippen LogP contribution in [0.5, 0.6) is 0 Å². The third kappa shape index (κ3) is 5.88. The molecule has 1 unspecified atom stereocenters. The molecule has 5 nitrogen and oxygen atoms in total. The Hall–Kier alpha value is -2.34. The Morgan fingerprint density at radius 2 is 2.00 bits per heavy atom. The van der Waals surface area contributed by atoms with E-state index in [1.165, 1.54) is 6.07 Å². The predicted octanol–water partition coefficient (Wildman–Crippen LogP) is 3.21. The molecule has 2 aromatic rings. The molecule has 1 aromatic heterocycles. The average Bonchev–Trinajstić information content (AvgIpc) is 3.18. The lowest BCUT2D eigenvalue weighted by Gasteiger charge is -2.28. The zero-order valence-corrected chi connectivity index (χ0v) is 15.8. The van der Waals surface area contributed by atoms with E-state index in [0.717, 1.165) is 36.8 Å². The molecule has 0 saturated carbocycles. The van der Waals surface area contributed by atoms with E-state index in [1.54, 1.807) is 25.4 Å². The van der Waals surface area contributed by atoms with Crippen LogP contribution < -0.4 is 10.6 Å². The van der Waals surface area contributed by atoms with Gasteiger partial charge in [0.2, 0.25) is 0 Å². The molecule has 0 saturated heterocycles. The zero-order valence-electron chi connectivity index (χ0n) is 15.8. The molecular formula is C20H29FN4O. The Labute approximate surface area is 155 Å². The van der Waals surface area contributed by atoms with Gasteiger partial charge >= 0.3 is 0 Å². The van der Waals surface area contributed by atoms with Crippen LogP contribution in [0.3, 0.4) is 0 Å². The molecule has 0 aliphatic rings. The molecule has 1 atom stereocenters. The van der Waals surface area contributed by atoms with E-state index in [1.807, 2.05) is 18.2 Å². The summed E-state index contributed by atoms with van der Waals surface area (Å²) in [5.74, 6) is 1.46. The number of halogens is 1. The maximum atomic E-state index is 13.2. The molecule has 26 heavy (non-hydrogen) atoms. The van der Waals surface area contributed by atoms with Crippen LogP contribution in [0.2, 0.25) is 0 Å². The number of hydrogen-bond acceptors (Lipinski definition) is 3. The smallest absolute Gasteiger partial charge is 0.191 e. The molecule has 0 radical (unpaired) electrons. The predicted molar refractivity (Wildman–Crippen MR) is 104 cm³/mol. The summed E-state index contributed by atoms with van der Waals surface area (Å²) in [6.45, 7) is 7.54. The van der Waals surface area contributed by atoms with Gasteiger partial charge in [0.05, 0.1) is 12.3 Å². The number of rotatable bonds is 9. The van der Waals surface area contributed by atoms with Crippen LogP contribution in [0.25, 0.3) is 0 Å². The minimum absolute atomic E-state index is 0.141. The summed E-state index contributed by atoms with van der Waals surface area (Å²) in [5.41, 5.74) is 0.963. The van der Waals surface area contributed by atoms with E-state index in [4.69, 9.17) is 4.42 Å². The van der Waals surface area contributed by atoms with Crippen molar-refractivity contribution in [2.45, 2.75) is 26.3 Å². The molecule has 0 spiro atoms. The number of benzene rings is 1. The van der Waals surface area contributed by atoms with E-state index >= 15 is 0 Å². The van der Waals surface area contributed by atoms with Crippen molar-refractivity contribution in [2.75, 3.05) is 33.2 Å². The number of nitrogens with one attached hydrogen (secondary N) is 2. The fraction of sp³-hybridized carbons (Fsp3) is 0.450. The second-order valence-corrected chi connectivity index (χ2v) is 6.01. The Balaban J connectivity index is 1.87. The minimum atomic E-state index is -0.203.